The summed E-state index contributed by atoms with van der Waals surface area (Å²) in [4.78, 5) is 22.8. The Hall–Kier alpha value is -2.63. The minimum atomic E-state index is -4.56. The molecule has 0 bridgehead atoms. The van der Waals surface area contributed by atoms with E-state index in [1.807, 2.05) is 0 Å². The average Bonchev–Trinajstić information content (AvgIpc) is 3.00. The predicted molar refractivity (Wildman–Crippen MR) is 110 cm³/mol. The lowest BCUT2D eigenvalue weighted by atomic mass is 9.96. The van der Waals surface area contributed by atoms with Crippen LogP contribution >= 0.6 is 0 Å². The molecule has 2 rings (SSSR count). The van der Waals surface area contributed by atoms with Gasteiger partial charge in [-0.05, 0) is 37.5 Å². The first-order valence-corrected chi connectivity index (χ1v) is 10.5. The number of carbonyl (C=O) groups is 2. The lowest BCUT2D eigenvalue weighted by molar-refractivity contribution is -0.138. The number of ether oxygens (including phenoxy) is 1. The topological polar surface area (TPSA) is 136 Å². The minimum absolute atomic E-state index is 0.0271. The van der Waals surface area contributed by atoms with Crippen LogP contribution in [0, 0.1) is 5.92 Å². The van der Waals surface area contributed by atoms with Crippen molar-refractivity contribution in [3.05, 3.63) is 42.0 Å². The number of hydrogen-bond donors (Lipinski definition) is 5. The number of aliphatic carboxylic acids is 1. The molecule has 0 heterocycles. The fourth-order valence-electron chi connectivity index (χ4n) is 3.62. The number of alkyl halides is 3. The van der Waals surface area contributed by atoms with Gasteiger partial charge in [0.25, 0.3) is 5.91 Å². The molecule has 1 aromatic rings. The molecule has 8 nitrogen and oxygen atoms in total. The van der Waals surface area contributed by atoms with Gasteiger partial charge in [0, 0.05) is 18.8 Å². The van der Waals surface area contributed by atoms with Gasteiger partial charge in [0.15, 0.2) is 6.10 Å². The number of carbonyl (C=O) groups excluding carboxylic acids is 1. The molecular formula is C22H28F3NO7. The monoisotopic (exact) mass is 475 g/mol. The van der Waals surface area contributed by atoms with E-state index in [4.69, 9.17) is 9.84 Å². The zero-order chi connectivity index (χ0) is 24.6. The van der Waals surface area contributed by atoms with Crippen LogP contribution in [0.1, 0.15) is 37.7 Å². The summed E-state index contributed by atoms with van der Waals surface area (Å²) in [5.74, 6) is -2.48. The van der Waals surface area contributed by atoms with Crippen LogP contribution in [0.2, 0.25) is 0 Å². The summed E-state index contributed by atoms with van der Waals surface area (Å²) in [5, 5.41) is 41.5. The van der Waals surface area contributed by atoms with Crippen LogP contribution < -0.4 is 10.1 Å². The van der Waals surface area contributed by atoms with E-state index in [0.717, 1.165) is 18.2 Å². The highest BCUT2D eigenvalue weighted by atomic mass is 19.4. The third-order valence-corrected chi connectivity index (χ3v) is 5.37. The molecule has 184 valence electrons. The van der Waals surface area contributed by atoms with Crippen LogP contribution in [0.4, 0.5) is 13.2 Å². The van der Waals surface area contributed by atoms with E-state index in [1.165, 1.54) is 6.07 Å². The molecule has 11 heteroatoms. The van der Waals surface area contributed by atoms with Crippen molar-refractivity contribution in [2.45, 2.75) is 62.6 Å². The van der Waals surface area contributed by atoms with Gasteiger partial charge in [-0.1, -0.05) is 18.2 Å². The van der Waals surface area contributed by atoms with Crippen molar-refractivity contribution in [2.75, 3.05) is 6.61 Å². The fraction of sp³-hybridized carbons (Fsp3) is 0.545. The molecule has 0 aromatic heterocycles. The second-order valence-electron chi connectivity index (χ2n) is 7.91. The lowest BCUT2D eigenvalue weighted by Crippen LogP contribution is -2.49. The van der Waals surface area contributed by atoms with E-state index in [1.54, 1.807) is 12.2 Å². The molecule has 0 radical (unpaired) electrons. The molecule has 0 unspecified atom stereocenters. The first-order chi connectivity index (χ1) is 15.5. The van der Waals surface area contributed by atoms with Crippen molar-refractivity contribution >= 4 is 11.9 Å². The molecule has 5 N–H and O–H groups in total. The van der Waals surface area contributed by atoms with Crippen LogP contribution in [0.3, 0.4) is 0 Å². The van der Waals surface area contributed by atoms with Gasteiger partial charge < -0.3 is 30.5 Å². The Balaban J connectivity index is 1.88. The number of rotatable bonds is 11. The number of carboxylic acid groups (broad SMARTS) is 1. The summed E-state index contributed by atoms with van der Waals surface area (Å²) in [7, 11) is 0. The van der Waals surface area contributed by atoms with E-state index in [-0.39, 0.29) is 18.6 Å². The van der Waals surface area contributed by atoms with Crippen LogP contribution in [0.5, 0.6) is 5.75 Å². The average molecular weight is 475 g/mol. The maximum atomic E-state index is 12.8. The normalized spacial score (nSPS) is 24.1. The zero-order valence-corrected chi connectivity index (χ0v) is 17.7. The van der Waals surface area contributed by atoms with Crippen molar-refractivity contribution in [3.63, 3.8) is 0 Å². The Labute approximate surface area is 188 Å². The van der Waals surface area contributed by atoms with E-state index < -0.39 is 60.5 Å². The number of nitrogens with one attached hydrogen (secondary N) is 1. The highest BCUT2D eigenvalue weighted by Crippen LogP contribution is 2.32. The Morgan fingerprint density at radius 3 is 2.61 bits per heavy atom. The largest absolute Gasteiger partial charge is 0.490 e. The van der Waals surface area contributed by atoms with Gasteiger partial charge >= 0.3 is 12.1 Å². The number of amides is 1. The SMILES string of the molecule is O=C(O)CCC/C=C\C[C@@H]1[C@@H](NC(=O)[C@@H](O)COc2cccc(C(F)(F)F)c2)[C@H](O)C[C@@H]1O. The molecule has 1 fully saturated rings. The minimum Gasteiger partial charge on any atom is -0.490 e. The summed E-state index contributed by atoms with van der Waals surface area (Å²) in [6.45, 7) is -0.605. The fourth-order valence-corrected chi connectivity index (χ4v) is 3.62. The van der Waals surface area contributed by atoms with Crippen molar-refractivity contribution in [1.82, 2.24) is 5.32 Å². The first-order valence-electron chi connectivity index (χ1n) is 10.5. The maximum Gasteiger partial charge on any atom is 0.416 e. The van der Waals surface area contributed by atoms with Crippen LogP contribution in [-0.2, 0) is 15.8 Å². The Morgan fingerprint density at radius 2 is 1.94 bits per heavy atom. The molecule has 0 aliphatic heterocycles. The first kappa shape index (κ1) is 26.6. The van der Waals surface area contributed by atoms with Crippen LogP contribution in [0.15, 0.2) is 36.4 Å². The van der Waals surface area contributed by atoms with Crippen molar-refractivity contribution in [2.24, 2.45) is 5.92 Å². The molecule has 1 aliphatic rings. The summed E-state index contributed by atoms with van der Waals surface area (Å²) in [6, 6.07) is 3.17. The summed E-state index contributed by atoms with van der Waals surface area (Å²) in [6.07, 6.45) is -3.36. The smallest absolute Gasteiger partial charge is 0.416 e. The van der Waals surface area contributed by atoms with Crippen molar-refractivity contribution in [3.8, 4) is 5.75 Å². The standard InChI is InChI=1S/C22H28F3NO7/c23-22(24,25)13-6-5-7-14(10-13)33-12-18(29)21(32)26-20-15(16(27)11-17(20)28)8-3-1-2-4-9-19(30)31/h1,3,5-7,10,15-18,20,27-29H,2,4,8-9,11-12H2,(H,26,32)(H,30,31)/b3-1-/t15-,16-,17+,18-,20+/m0/s1. The van der Waals surface area contributed by atoms with Gasteiger partial charge in [-0.3, -0.25) is 9.59 Å². The van der Waals surface area contributed by atoms with Crippen LogP contribution in [-0.4, -0.2) is 63.3 Å². The Kier molecular flexibility index (Phi) is 9.69. The van der Waals surface area contributed by atoms with Gasteiger partial charge in [-0.15, -0.1) is 0 Å². The number of hydrogen-bond acceptors (Lipinski definition) is 6. The molecule has 0 spiro atoms. The summed E-state index contributed by atoms with van der Waals surface area (Å²) in [5.41, 5.74) is -0.930. The molecule has 5 atom stereocenters. The van der Waals surface area contributed by atoms with Gasteiger partial charge in [0.2, 0.25) is 0 Å². The number of unbranched alkanes of at least 4 members (excludes halogenated alkanes) is 1. The van der Waals surface area contributed by atoms with Crippen molar-refractivity contribution in [1.29, 1.82) is 0 Å². The van der Waals surface area contributed by atoms with E-state index in [0.29, 0.717) is 19.3 Å². The maximum absolute atomic E-state index is 12.8. The highest BCUT2D eigenvalue weighted by molar-refractivity contribution is 5.81. The zero-order valence-electron chi connectivity index (χ0n) is 17.7. The van der Waals surface area contributed by atoms with E-state index in [2.05, 4.69) is 5.32 Å². The molecule has 1 aliphatic carbocycles. The van der Waals surface area contributed by atoms with Gasteiger partial charge in [-0.2, -0.15) is 13.2 Å². The number of benzene rings is 1. The third kappa shape index (κ3) is 8.34. The number of halogens is 3. The summed E-state index contributed by atoms with van der Waals surface area (Å²) >= 11 is 0. The Bertz CT molecular complexity index is 830. The predicted octanol–water partition coefficient (Wildman–Crippen LogP) is 1.87. The quantitative estimate of drug-likeness (QED) is 0.243. The highest BCUT2D eigenvalue weighted by Gasteiger charge is 2.42. The number of carboxylic acids is 1. The molecule has 1 aromatic carbocycles. The number of aliphatic hydroxyl groups is 3. The van der Waals surface area contributed by atoms with Crippen molar-refractivity contribution < 1.29 is 47.9 Å². The second kappa shape index (κ2) is 12.0. The molecule has 1 saturated carbocycles. The second-order valence-corrected chi connectivity index (χ2v) is 7.91. The van der Waals surface area contributed by atoms with Gasteiger partial charge in [0.1, 0.15) is 12.4 Å². The molecule has 0 saturated heterocycles. The third-order valence-electron chi connectivity index (χ3n) is 5.37. The number of aliphatic hydroxyl groups excluding tert-OH is 3. The van der Waals surface area contributed by atoms with Gasteiger partial charge in [-0.25, -0.2) is 0 Å². The van der Waals surface area contributed by atoms with E-state index >= 15 is 0 Å². The van der Waals surface area contributed by atoms with Gasteiger partial charge in [0.05, 0.1) is 23.8 Å². The van der Waals surface area contributed by atoms with E-state index in [9.17, 15) is 38.1 Å². The number of allylic oxidation sites excluding steroid dienone is 2. The lowest BCUT2D eigenvalue weighted by Gasteiger charge is -2.25. The molecule has 1 amide bonds. The molecular weight excluding hydrogens is 447 g/mol. The Morgan fingerprint density at radius 1 is 1.21 bits per heavy atom. The van der Waals surface area contributed by atoms with Crippen LogP contribution in [0.25, 0.3) is 0 Å². The summed E-state index contributed by atoms with van der Waals surface area (Å²) < 4.78 is 43.4. The molecule has 33 heavy (non-hydrogen) atoms.